The molecule has 0 N–H and O–H groups in total. The Morgan fingerprint density at radius 1 is 1.05 bits per heavy atom. The Morgan fingerprint density at radius 3 is 2.23 bits per heavy atom. The molecular formula is C18H21BO2S. The fraction of sp³-hybridized carbons (Fsp3) is 0.333. The van der Waals surface area contributed by atoms with Crippen molar-refractivity contribution in [1.29, 1.82) is 0 Å². The van der Waals surface area contributed by atoms with Crippen molar-refractivity contribution in [2.24, 2.45) is 0 Å². The van der Waals surface area contributed by atoms with Crippen molar-refractivity contribution in [3.8, 4) is 0 Å². The minimum absolute atomic E-state index is 0.325. The number of hydrogen-bond acceptors (Lipinski definition) is 3. The van der Waals surface area contributed by atoms with Crippen molar-refractivity contribution >= 4 is 46.2 Å². The van der Waals surface area contributed by atoms with E-state index in [-0.39, 0.29) is 18.3 Å². The van der Waals surface area contributed by atoms with Crippen LogP contribution < -0.4 is 5.46 Å². The molecule has 1 saturated heterocycles. The van der Waals surface area contributed by atoms with Crippen LogP contribution >= 0.6 is 11.3 Å². The van der Waals surface area contributed by atoms with E-state index in [2.05, 4.69) is 59.1 Å². The molecule has 1 aliphatic rings. The van der Waals surface area contributed by atoms with Gasteiger partial charge in [0.1, 0.15) is 0 Å². The van der Waals surface area contributed by atoms with Crippen molar-refractivity contribution in [1.82, 2.24) is 0 Å². The molecule has 1 aromatic heterocycles. The van der Waals surface area contributed by atoms with E-state index in [1.165, 1.54) is 10.1 Å². The summed E-state index contributed by atoms with van der Waals surface area (Å²) in [7, 11) is -0.334. The summed E-state index contributed by atoms with van der Waals surface area (Å²) in [6.07, 6.45) is 3.78. The highest BCUT2D eigenvalue weighted by molar-refractivity contribution is 7.20. The molecule has 3 rings (SSSR count). The van der Waals surface area contributed by atoms with E-state index in [4.69, 9.17) is 9.31 Å². The second kappa shape index (κ2) is 5.09. The average Bonchev–Trinajstić information content (AvgIpc) is 2.92. The van der Waals surface area contributed by atoms with Gasteiger partial charge in [-0.25, -0.2) is 0 Å². The SMILES string of the molecule is C=Cc1sc2ccc(B3OC(C)(C)C(C)(C)O3)cc2c1C=C. The number of rotatable bonds is 3. The highest BCUT2D eigenvalue weighted by Gasteiger charge is 2.51. The van der Waals surface area contributed by atoms with Gasteiger partial charge in [0, 0.05) is 9.58 Å². The first kappa shape index (κ1) is 15.5. The zero-order chi connectivity index (χ0) is 16.1. The molecule has 1 aromatic carbocycles. The van der Waals surface area contributed by atoms with Gasteiger partial charge in [0.15, 0.2) is 0 Å². The minimum Gasteiger partial charge on any atom is -0.399 e. The first-order valence-electron chi connectivity index (χ1n) is 7.46. The lowest BCUT2D eigenvalue weighted by Crippen LogP contribution is -2.41. The molecule has 4 heteroatoms. The van der Waals surface area contributed by atoms with Crippen LogP contribution in [0, 0.1) is 0 Å². The molecule has 0 amide bonds. The number of thiophene rings is 1. The smallest absolute Gasteiger partial charge is 0.399 e. The van der Waals surface area contributed by atoms with Gasteiger partial charge in [-0.15, -0.1) is 11.3 Å². The number of fused-ring (bicyclic) bond motifs is 1. The summed E-state index contributed by atoms with van der Waals surface area (Å²) >= 11 is 1.73. The molecule has 114 valence electrons. The van der Waals surface area contributed by atoms with Crippen LogP contribution in [-0.2, 0) is 9.31 Å². The summed E-state index contributed by atoms with van der Waals surface area (Å²) in [5.41, 5.74) is 1.53. The summed E-state index contributed by atoms with van der Waals surface area (Å²) in [4.78, 5) is 1.15. The van der Waals surface area contributed by atoms with E-state index in [0.29, 0.717) is 0 Å². The van der Waals surface area contributed by atoms with E-state index in [0.717, 1.165) is 15.9 Å². The maximum Gasteiger partial charge on any atom is 0.494 e. The van der Waals surface area contributed by atoms with Crippen LogP contribution in [0.4, 0.5) is 0 Å². The third-order valence-corrected chi connectivity index (χ3v) is 5.88. The van der Waals surface area contributed by atoms with E-state index < -0.39 is 0 Å². The maximum atomic E-state index is 6.14. The van der Waals surface area contributed by atoms with Gasteiger partial charge in [-0.3, -0.25) is 0 Å². The largest absolute Gasteiger partial charge is 0.494 e. The third-order valence-electron chi connectivity index (χ3n) is 4.69. The first-order valence-corrected chi connectivity index (χ1v) is 8.27. The highest BCUT2D eigenvalue weighted by atomic mass is 32.1. The Bertz CT molecular complexity index is 742. The summed E-state index contributed by atoms with van der Waals surface area (Å²) in [6.45, 7) is 16.1. The molecule has 0 unspecified atom stereocenters. The molecule has 0 atom stereocenters. The molecule has 2 aromatic rings. The highest BCUT2D eigenvalue weighted by Crippen LogP contribution is 2.37. The summed E-state index contributed by atoms with van der Waals surface area (Å²) < 4.78 is 13.5. The molecule has 2 nitrogen and oxygen atoms in total. The van der Waals surface area contributed by atoms with Gasteiger partial charge in [0.2, 0.25) is 0 Å². The monoisotopic (exact) mass is 312 g/mol. The Labute approximate surface area is 136 Å². The predicted molar refractivity (Wildman–Crippen MR) is 97.7 cm³/mol. The van der Waals surface area contributed by atoms with Crippen molar-refractivity contribution in [3.63, 3.8) is 0 Å². The zero-order valence-electron chi connectivity index (χ0n) is 13.6. The van der Waals surface area contributed by atoms with Gasteiger partial charge in [0.05, 0.1) is 11.2 Å². The van der Waals surface area contributed by atoms with Crippen molar-refractivity contribution in [3.05, 3.63) is 41.8 Å². The number of benzene rings is 1. The van der Waals surface area contributed by atoms with Gasteiger partial charge >= 0.3 is 7.12 Å². The Hall–Kier alpha value is -1.36. The zero-order valence-corrected chi connectivity index (χ0v) is 14.4. The Kier molecular flexibility index (Phi) is 3.59. The van der Waals surface area contributed by atoms with Crippen LogP contribution in [0.15, 0.2) is 31.4 Å². The second-order valence-corrected chi connectivity index (χ2v) is 7.72. The fourth-order valence-electron chi connectivity index (χ4n) is 2.64. The summed E-state index contributed by atoms with van der Waals surface area (Å²) in [6, 6.07) is 6.36. The third kappa shape index (κ3) is 2.26. The summed E-state index contributed by atoms with van der Waals surface area (Å²) in [5.74, 6) is 0. The molecule has 0 aliphatic carbocycles. The molecule has 1 fully saturated rings. The number of hydrogen-bond donors (Lipinski definition) is 0. The first-order chi connectivity index (χ1) is 10.3. The molecule has 0 bridgehead atoms. The molecular weight excluding hydrogens is 291 g/mol. The molecule has 0 spiro atoms. The average molecular weight is 312 g/mol. The molecule has 2 heterocycles. The van der Waals surface area contributed by atoms with E-state index in [1.54, 1.807) is 11.3 Å². The van der Waals surface area contributed by atoms with Crippen LogP contribution in [0.5, 0.6) is 0 Å². The molecule has 0 saturated carbocycles. The standard InChI is InChI=1S/C18H21BO2S/c1-7-13-14-11-12(9-10-16(14)22-15(13)8-2)19-20-17(3,4)18(5,6)21-19/h7-11H,1-2H2,3-6H3. The quantitative estimate of drug-likeness (QED) is 0.778. The van der Waals surface area contributed by atoms with E-state index in [9.17, 15) is 0 Å². The van der Waals surface area contributed by atoms with Crippen molar-refractivity contribution in [2.45, 2.75) is 38.9 Å². The van der Waals surface area contributed by atoms with Crippen LogP contribution in [0.1, 0.15) is 38.1 Å². The second-order valence-electron chi connectivity index (χ2n) is 6.63. The van der Waals surface area contributed by atoms with E-state index >= 15 is 0 Å². The van der Waals surface area contributed by atoms with Gasteiger partial charge in [-0.2, -0.15) is 0 Å². The predicted octanol–water partition coefficient (Wildman–Crippen LogP) is 4.49. The van der Waals surface area contributed by atoms with Crippen molar-refractivity contribution < 1.29 is 9.31 Å². The van der Waals surface area contributed by atoms with Gasteiger partial charge in [-0.05, 0) is 50.2 Å². The van der Waals surface area contributed by atoms with Crippen LogP contribution in [0.3, 0.4) is 0 Å². The lowest BCUT2D eigenvalue weighted by atomic mass is 9.78. The Balaban J connectivity index is 2.06. The molecule has 1 aliphatic heterocycles. The molecule has 0 radical (unpaired) electrons. The van der Waals surface area contributed by atoms with Gasteiger partial charge < -0.3 is 9.31 Å². The van der Waals surface area contributed by atoms with Gasteiger partial charge in [0.25, 0.3) is 0 Å². The lowest BCUT2D eigenvalue weighted by Gasteiger charge is -2.32. The molecule has 22 heavy (non-hydrogen) atoms. The summed E-state index contributed by atoms with van der Waals surface area (Å²) in [5, 5.41) is 1.18. The normalized spacial score (nSPS) is 19.5. The maximum absolute atomic E-state index is 6.14. The topological polar surface area (TPSA) is 18.5 Å². The Morgan fingerprint density at radius 2 is 1.68 bits per heavy atom. The van der Waals surface area contributed by atoms with Gasteiger partial charge in [-0.1, -0.05) is 37.4 Å². The van der Waals surface area contributed by atoms with Crippen LogP contribution in [0.25, 0.3) is 22.2 Å². The van der Waals surface area contributed by atoms with Crippen molar-refractivity contribution in [2.75, 3.05) is 0 Å². The lowest BCUT2D eigenvalue weighted by molar-refractivity contribution is 0.00578. The van der Waals surface area contributed by atoms with Crippen LogP contribution in [0.2, 0.25) is 0 Å². The van der Waals surface area contributed by atoms with Crippen LogP contribution in [-0.4, -0.2) is 18.3 Å². The minimum atomic E-state index is -0.334. The van der Waals surface area contributed by atoms with E-state index in [1.807, 2.05) is 12.2 Å². The fourth-order valence-corrected chi connectivity index (χ4v) is 3.68.